The number of fused-ring (bicyclic) bond motifs is 1. The first kappa shape index (κ1) is 26.7. The molecule has 3 aliphatic heterocycles. The molecule has 0 saturated carbocycles. The van der Waals surface area contributed by atoms with Gasteiger partial charge in [0.2, 0.25) is 16.8 Å². The lowest BCUT2D eigenvalue weighted by Crippen LogP contribution is -2.64. The Morgan fingerprint density at radius 2 is 1.75 bits per heavy atom. The summed E-state index contributed by atoms with van der Waals surface area (Å²) < 4.78 is 39.2. The van der Waals surface area contributed by atoms with Gasteiger partial charge in [-0.05, 0) is 53.6 Å². The number of rotatable bonds is 4. The van der Waals surface area contributed by atoms with Gasteiger partial charge in [-0.25, -0.2) is 8.42 Å². The second kappa shape index (κ2) is 10.2. The molecule has 0 aliphatic carbocycles. The molecule has 2 N–H and O–H groups in total. The molecule has 2 aromatic rings. The number of sulfonamides is 1. The molecular weight excluding hydrogens is 500 g/mol. The van der Waals surface area contributed by atoms with Crippen LogP contribution < -0.4 is 20.1 Å². The number of amidine groups is 1. The lowest BCUT2D eigenvalue weighted by atomic mass is 9.85. The number of ether oxygens (including phenoxy) is 2. The van der Waals surface area contributed by atoms with E-state index in [2.05, 4.69) is 31.4 Å². The van der Waals surface area contributed by atoms with Gasteiger partial charge in [-0.2, -0.15) is 4.31 Å². The Bertz CT molecular complexity index is 1220. The Labute approximate surface area is 219 Å². The van der Waals surface area contributed by atoms with Crippen molar-refractivity contribution in [1.82, 2.24) is 14.9 Å². The van der Waals surface area contributed by atoms with Gasteiger partial charge >= 0.3 is 0 Å². The number of piperidine rings is 1. The smallest absolute Gasteiger partial charge is 0.243 e. The Kier molecular flexibility index (Phi) is 7.57. The topological polar surface area (TPSA) is 92.3 Å². The lowest BCUT2D eigenvalue weighted by Gasteiger charge is -2.44. The summed E-state index contributed by atoms with van der Waals surface area (Å²) in [6.45, 7) is 9.62. The van der Waals surface area contributed by atoms with Crippen LogP contribution in [0.2, 0.25) is 0 Å². The first-order valence-electron chi connectivity index (χ1n) is 12.2. The van der Waals surface area contributed by atoms with Crippen LogP contribution in [0.5, 0.6) is 11.5 Å². The third-order valence-electron chi connectivity index (χ3n) is 7.13. The maximum atomic E-state index is 13.3. The standard InChI is InChI=1S/C26H34N4O4S.ClH/c1-25(2,3)20-5-7-21(8-6-20)35(31,32)30-14-10-26(11-15-30)24(27-12-13-29-26)28-17-19-4-9-22-23(16-19)34-18-33-22;/h4-9,16,29H,10-15,17-18H2,1-3H3,(H,27,28);1H. The summed E-state index contributed by atoms with van der Waals surface area (Å²) in [5.41, 5.74) is 1.85. The lowest BCUT2D eigenvalue weighted by molar-refractivity contribution is 0.174. The van der Waals surface area contributed by atoms with Crippen LogP contribution in [0.3, 0.4) is 0 Å². The van der Waals surface area contributed by atoms with Gasteiger partial charge in [0.25, 0.3) is 0 Å². The SMILES string of the molecule is CC(C)(C)c1ccc(S(=O)(=O)N2CCC3(CC2)NCCN=C3NCc2ccc3c(c2)OCO3)cc1.Cl. The van der Waals surface area contributed by atoms with Crippen molar-refractivity contribution in [1.29, 1.82) is 0 Å². The molecule has 5 rings (SSSR count). The fourth-order valence-electron chi connectivity index (χ4n) is 4.96. The monoisotopic (exact) mass is 534 g/mol. The summed E-state index contributed by atoms with van der Waals surface area (Å²) in [4.78, 5) is 5.15. The zero-order valence-corrected chi connectivity index (χ0v) is 22.7. The molecule has 2 aromatic carbocycles. The molecule has 0 bridgehead atoms. The fourth-order valence-corrected chi connectivity index (χ4v) is 6.40. The molecule has 36 heavy (non-hydrogen) atoms. The second-order valence-corrected chi connectivity index (χ2v) is 12.4. The first-order valence-corrected chi connectivity index (χ1v) is 13.6. The van der Waals surface area contributed by atoms with E-state index in [0.29, 0.717) is 43.9 Å². The molecule has 0 aromatic heterocycles. The molecule has 196 valence electrons. The van der Waals surface area contributed by atoms with Gasteiger partial charge in [0.05, 0.1) is 17.0 Å². The molecule has 1 fully saturated rings. The third-order valence-corrected chi connectivity index (χ3v) is 9.04. The van der Waals surface area contributed by atoms with E-state index in [-0.39, 0.29) is 30.2 Å². The summed E-state index contributed by atoms with van der Waals surface area (Å²) in [5.74, 6) is 2.44. The van der Waals surface area contributed by atoms with Crippen LogP contribution >= 0.6 is 12.4 Å². The Morgan fingerprint density at radius 3 is 2.44 bits per heavy atom. The van der Waals surface area contributed by atoms with Gasteiger partial charge < -0.3 is 20.1 Å². The van der Waals surface area contributed by atoms with E-state index in [9.17, 15) is 8.42 Å². The Hall–Kier alpha value is -2.33. The number of hydrogen-bond donors (Lipinski definition) is 2. The van der Waals surface area contributed by atoms with Gasteiger partial charge in [-0.1, -0.05) is 39.0 Å². The molecule has 0 atom stereocenters. The predicted molar refractivity (Wildman–Crippen MR) is 143 cm³/mol. The van der Waals surface area contributed by atoms with Gasteiger partial charge in [0, 0.05) is 26.2 Å². The number of aliphatic imine (C=N–C) groups is 1. The minimum absolute atomic E-state index is 0. The number of benzene rings is 2. The zero-order chi connectivity index (χ0) is 24.7. The molecule has 0 unspecified atom stereocenters. The first-order chi connectivity index (χ1) is 16.7. The van der Waals surface area contributed by atoms with E-state index in [1.54, 1.807) is 16.4 Å². The molecule has 10 heteroatoms. The molecule has 0 amide bonds. The van der Waals surface area contributed by atoms with E-state index < -0.39 is 10.0 Å². The molecule has 3 aliphatic rings. The summed E-state index contributed by atoms with van der Waals surface area (Å²) in [6.07, 6.45) is 1.33. The van der Waals surface area contributed by atoms with Crippen LogP contribution in [-0.2, 0) is 22.0 Å². The van der Waals surface area contributed by atoms with Crippen molar-refractivity contribution in [2.45, 2.75) is 56.0 Å². The van der Waals surface area contributed by atoms with Gasteiger partial charge in [-0.15, -0.1) is 12.4 Å². The van der Waals surface area contributed by atoms with E-state index in [1.807, 2.05) is 30.3 Å². The van der Waals surface area contributed by atoms with Crippen molar-refractivity contribution >= 4 is 28.3 Å². The Balaban J connectivity index is 0.00000304. The quantitative estimate of drug-likeness (QED) is 0.624. The maximum absolute atomic E-state index is 13.3. The van der Waals surface area contributed by atoms with Gasteiger partial charge in [0.15, 0.2) is 11.5 Å². The fraction of sp³-hybridized carbons (Fsp3) is 0.500. The van der Waals surface area contributed by atoms with Crippen LogP contribution in [0.4, 0.5) is 0 Å². The predicted octanol–water partition coefficient (Wildman–Crippen LogP) is 3.45. The highest BCUT2D eigenvalue weighted by molar-refractivity contribution is 7.89. The van der Waals surface area contributed by atoms with E-state index >= 15 is 0 Å². The largest absolute Gasteiger partial charge is 0.454 e. The maximum Gasteiger partial charge on any atom is 0.243 e. The number of nitrogens with zero attached hydrogens (tertiary/aromatic N) is 2. The summed E-state index contributed by atoms with van der Waals surface area (Å²) in [5, 5.41) is 7.16. The number of halogens is 1. The molecular formula is C26H35ClN4O4S. The summed E-state index contributed by atoms with van der Waals surface area (Å²) in [7, 11) is -3.54. The highest BCUT2D eigenvalue weighted by Crippen LogP contribution is 2.33. The van der Waals surface area contributed by atoms with Crippen molar-refractivity contribution < 1.29 is 17.9 Å². The van der Waals surface area contributed by atoms with Crippen molar-refractivity contribution in [3.05, 3.63) is 53.6 Å². The molecule has 0 radical (unpaired) electrons. The Morgan fingerprint density at radius 1 is 1.06 bits per heavy atom. The van der Waals surface area contributed by atoms with Crippen LogP contribution in [0.1, 0.15) is 44.7 Å². The van der Waals surface area contributed by atoms with Crippen LogP contribution in [0.15, 0.2) is 52.4 Å². The number of nitrogens with one attached hydrogen (secondary N) is 2. The second-order valence-electron chi connectivity index (χ2n) is 10.5. The van der Waals surface area contributed by atoms with E-state index in [0.717, 1.165) is 35.0 Å². The van der Waals surface area contributed by atoms with E-state index in [1.165, 1.54) is 0 Å². The van der Waals surface area contributed by atoms with Crippen molar-refractivity contribution in [2.24, 2.45) is 4.99 Å². The highest BCUT2D eigenvalue weighted by Gasteiger charge is 2.43. The van der Waals surface area contributed by atoms with Crippen LogP contribution in [-0.4, -0.2) is 57.1 Å². The summed E-state index contributed by atoms with van der Waals surface area (Å²) >= 11 is 0. The molecule has 3 heterocycles. The minimum Gasteiger partial charge on any atom is -0.454 e. The van der Waals surface area contributed by atoms with E-state index in [4.69, 9.17) is 14.5 Å². The van der Waals surface area contributed by atoms with Crippen molar-refractivity contribution in [2.75, 3.05) is 33.0 Å². The van der Waals surface area contributed by atoms with Crippen molar-refractivity contribution in [3.63, 3.8) is 0 Å². The number of hydrogen-bond acceptors (Lipinski definition) is 7. The summed E-state index contributed by atoms with van der Waals surface area (Å²) in [6, 6.07) is 13.2. The van der Waals surface area contributed by atoms with Crippen LogP contribution in [0.25, 0.3) is 0 Å². The normalized spacial score (nSPS) is 19.5. The zero-order valence-electron chi connectivity index (χ0n) is 21.0. The average molecular weight is 535 g/mol. The molecule has 1 spiro atoms. The van der Waals surface area contributed by atoms with Crippen molar-refractivity contribution in [3.8, 4) is 11.5 Å². The molecule has 8 nitrogen and oxygen atoms in total. The van der Waals surface area contributed by atoms with Crippen LogP contribution in [0, 0.1) is 0 Å². The third kappa shape index (κ3) is 5.20. The minimum atomic E-state index is -3.54. The molecule has 1 saturated heterocycles. The average Bonchev–Trinajstić information content (AvgIpc) is 3.31. The van der Waals surface area contributed by atoms with Gasteiger partial charge in [-0.3, -0.25) is 4.99 Å². The van der Waals surface area contributed by atoms with Gasteiger partial charge in [0.1, 0.15) is 5.84 Å². The highest BCUT2D eigenvalue weighted by atomic mass is 35.5.